The highest BCUT2D eigenvalue weighted by molar-refractivity contribution is 6.33. The van der Waals surface area contributed by atoms with Gasteiger partial charge in [0.1, 0.15) is 5.82 Å². The van der Waals surface area contributed by atoms with Gasteiger partial charge in [0.15, 0.2) is 0 Å². The summed E-state index contributed by atoms with van der Waals surface area (Å²) in [6, 6.07) is 1.60. The summed E-state index contributed by atoms with van der Waals surface area (Å²) >= 11 is 5.88. The highest BCUT2D eigenvalue weighted by Crippen LogP contribution is 2.24. The summed E-state index contributed by atoms with van der Waals surface area (Å²) < 4.78 is 0. The van der Waals surface area contributed by atoms with Gasteiger partial charge >= 0.3 is 0 Å². The number of hydrogen-bond donors (Lipinski definition) is 1. The Kier molecular flexibility index (Phi) is 4.07. The zero-order valence-electron chi connectivity index (χ0n) is 10.5. The van der Waals surface area contributed by atoms with Crippen LogP contribution in [-0.2, 0) is 0 Å². The molecule has 2 heterocycles. The van der Waals surface area contributed by atoms with E-state index in [0.717, 1.165) is 19.5 Å². The van der Waals surface area contributed by atoms with Crippen LogP contribution in [0.5, 0.6) is 0 Å². The number of anilines is 1. The van der Waals surface area contributed by atoms with Crippen molar-refractivity contribution < 1.29 is 4.79 Å². The Morgan fingerprint density at radius 2 is 2.44 bits per heavy atom. The first-order chi connectivity index (χ1) is 8.61. The second-order valence-electron chi connectivity index (χ2n) is 4.79. The van der Waals surface area contributed by atoms with Crippen LogP contribution in [0.15, 0.2) is 12.3 Å². The number of nitrogens with two attached hydrogens (primary N) is 1. The van der Waals surface area contributed by atoms with E-state index >= 15 is 0 Å². The molecule has 4 nitrogen and oxygen atoms in total. The number of nitrogens with zero attached hydrogens (tertiary/aromatic N) is 2. The molecule has 5 heteroatoms. The van der Waals surface area contributed by atoms with E-state index in [0.29, 0.717) is 16.5 Å². The lowest BCUT2D eigenvalue weighted by Crippen LogP contribution is -2.28. The number of carbonyl (C=O) groups excluding carboxylic acids is 1. The highest BCUT2D eigenvalue weighted by atomic mass is 35.5. The normalized spacial score (nSPS) is 19.2. The molecule has 0 spiro atoms. The van der Waals surface area contributed by atoms with Crippen LogP contribution in [0.1, 0.15) is 36.5 Å². The molecule has 0 radical (unpaired) electrons. The average molecular weight is 268 g/mol. The third-order valence-corrected chi connectivity index (χ3v) is 3.69. The molecule has 0 saturated carbocycles. The van der Waals surface area contributed by atoms with Crippen molar-refractivity contribution in [3.8, 4) is 0 Å². The van der Waals surface area contributed by atoms with E-state index in [1.54, 1.807) is 6.07 Å². The Morgan fingerprint density at radius 1 is 1.67 bits per heavy atom. The lowest BCUT2D eigenvalue weighted by atomic mass is 10.0. The number of rotatable bonds is 3. The first-order valence-corrected chi connectivity index (χ1v) is 6.70. The van der Waals surface area contributed by atoms with E-state index in [-0.39, 0.29) is 11.7 Å². The minimum atomic E-state index is 0.00278. The smallest absolute Gasteiger partial charge is 0.255 e. The predicted octanol–water partition coefficient (Wildman–Crippen LogP) is 2.58. The van der Waals surface area contributed by atoms with E-state index in [4.69, 9.17) is 17.3 Å². The van der Waals surface area contributed by atoms with Gasteiger partial charge < -0.3 is 10.6 Å². The van der Waals surface area contributed by atoms with Gasteiger partial charge in [0.2, 0.25) is 0 Å². The molecule has 1 atom stereocenters. The van der Waals surface area contributed by atoms with Crippen LogP contribution in [0, 0.1) is 5.92 Å². The Hall–Kier alpha value is -1.29. The average Bonchev–Trinajstić information content (AvgIpc) is 2.81. The molecule has 1 aromatic heterocycles. The third-order valence-electron chi connectivity index (χ3n) is 3.39. The van der Waals surface area contributed by atoms with E-state index in [1.807, 2.05) is 4.90 Å². The van der Waals surface area contributed by atoms with Crippen LogP contribution in [0.3, 0.4) is 0 Å². The summed E-state index contributed by atoms with van der Waals surface area (Å²) in [6.45, 7) is 3.84. The van der Waals surface area contributed by atoms with Crippen molar-refractivity contribution in [3.63, 3.8) is 0 Å². The second kappa shape index (κ2) is 5.57. The van der Waals surface area contributed by atoms with Crippen LogP contribution < -0.4 is 5.73 Å². The van der Waals surface area contributed by atoms with Gasteiger partial charge in [0, 0.05) is 19.3 Å². The van der Waals surface area contributed by atoms with Gasteiger partial charge in [-0.25, -0.2) is 4.98 Å². The van der Waals surface area contributed by atoms with Crippen LogP contribution in [-0.4, -0.2) is 28.9 Å². The molecular weight excluding hydrogens is 250 g/mol. The van der Waals surface area contributed by atoms with Gasteiger partial charge in [-0.3, -0.25) is 4.79 Å². The Labute approximate surface area is 112 Å². The molecule has 1 aliphatic heterocycles. The molecule has 2 N–H and O–H groups in total. The molecule has 0 aliphatic carbocycles. The van der Waals surface area contributed by atoms with Crippen molar-refractivity contribution in [2.24, 2.45) is 5.92 Å². The van der Waals surface area contributed by atoms with Gasteiger partial charge in [0.25, 0.3) is 5.91 Å². The third kappa shape index (κ3) is 2.75. The molecule has 18 heavy (non-hydrogen) atoms. The fraction of sp³-hybridized carbons (Fsp3) is 0.538. The lowest BCUT2D eigenvalue weighted by Gasteiger charge is -2.16. The molecule has 1 aromatic rings. The number of nitrogen functional groups attached to an aromatic ring is 1. The zero-order chi connectivity index (χ0) is 13.1. The van der Waals surface area contributed by atoms with Gasteiger partial charge in [-0.2, -0.15) is 0 Å². The fourth-order valence-electron chi connectivity index (χ4n) is 2.41. The molecule has 1 aliphatic rings. The Bertz CT molecular complexity index is 450. The predicted molar refractivity (Wildman–Crippen MR) is 72.6 cm³/mol. The molecule has 0 bridgehead atoms. The van der Waals surface area contributed by atoms with E-state index < -0.39 is 0 Å². The van der Waals surface area contributed by atoms with E-state index in [9.17, 15) is 4.79 Å². The molecule has 1 fully saturated rings. The maximum atomic E-state index is 12.2. The van der Waals surface area contributed by atoms with Crippen molar-refractivity contribution in [3.05, 3.63) is 22.8 Å². The monoisotopic (exact) mass is 267 g/mol. The number of pyridine rings is 1. The molecule has 98 valence electrons. The first-order valence-electron chi connectivity index (χ1n) is 6.32. The minimum absolute atomic E-state index is 0.00278. The van der Waals surface area contributed by atoms with E-state index in [2.05, 4.69) is 11.9 Å². The number of hydrogen-bond acceptors (Lipinski definition) is 3. The number of aromatic nitrogens is 1. The quantitative estimate of drug-likeness (QED) is 0.916. The summed E-state index contributed by atoms with van der Waals surface area (Å²) in [5.41, 5.74) is 6.06. The number of amides is 1. The Morgan fingerprint density at radius 3 is 3.11 bits per heavy atom. The molecule has 0 aromatic carbocycles. The summed E-state index contributed by atoms with van der Waals surface area (Å²) in [5, 5.41) is 0.338. The fourth-order valence-corrected chi connectivity index (χ4v) is 2.58. The van der Waals surface area contributed by atoms with Crippen LogP contribution in [0.2, 0.25) is 5.02 Å². The van der Waals surface area contributed by atoms with Crippen LogP contribution in [0.4, 0.5) is 5.82 Å². The van der Waals surface area contributed by atoms with Crippen molar-refractivity contribution >= 4 is 23.3 Å². The molecule has 2 rings (SSSR count). The topological polar surface area (TPSA) is 59.2 Å². The summed E-state index contributed by atoms with van der Waals surface area (Å²) in [4.78, 5) is 18.1. The number of likely N-dealkylation sites (tertiary alicyclic amines) is 1. The van der Waals surface area contributed by atoms with Crippen molar-refractivity contribution in [2.75, 3.05) is 18.8 Å². The maximum absolute atomic E-state index is 12.2. The summed E-state index contributed by atoms with van der Waals surface area (Å²) in [7, 11) is 0. The van der Waals surface area contributed by atoms with E-state index in [1.165, 1.54) is 19.0 Å². The lowest BCUT2D eigenvalue weighted by molar-refractivity contribution is 0.0786. The second-order valence-corrected chi connectivity index (χ2v) is 5.19. The standard InChI is InChI=1S/C13H18ClN3O/c1-2-3-9-4-5-17(8-9)13(18)10-6-11(14)12(15)16-7-10/h6-7,9H,2-5,8H2,1H3,(H2,15,16). The van der Waals surface area contributed by atoms with Crippen molar-refractivity contribution in [1.29, 1.82) is 0 Å². The van der Waals surface area contributed by atoms with Crippen molar-refractivity contribution in [1.82, 2.24) is 9.88 Å². The molecule has 1 amide bonds. The maximum Gasteiger partial charge on any atom is 0.255 e. The number of carbonyl (C=O) groups is 1. The SMILES string of the molecule is CCCC1CCN(C(=O)c2cnc(N)c(Cl)c2)C1. The largest absolute Gasteiger partial charge is 0.382 e. The summed E-state index contributed by atoms with van der Waals surface area (Å²) in [6.07, 6.45) is 4.94. The van der Waals surface area contributed by atoms with Crippen molar-refractivity contribution in [2.45, 2.75) is 26.2 Å². The minimum Gasteiger partial charge on any atom is -0.382 e. The molecule has 1 saturated heterocycles. The first kappa shape index (κ1) is 13.1. The highest BCUT2D eigenvalue weighted by Gasteiger charge is 2.26. The summed E-state index contributed by atoms with van der Waals surface area (Å²) in [5.74, 6) is 0.901. The van der Waals surface area contributed by atoms with Crippen LogP contribution in [0.25, 0.3) is 0 Å². The van der Waals surface area contributed by atoms with Gasteiger partial charge in [-0.15, -0.1) is 0 Å². The molecular formula is C13H18ClN3O. The van der Waals surface area contributed by atoms with Gasteiger partial charge in [-0.05, 0) is 24.8 Å². The van der Waals surface area contributed by atoms with Crippen LogP contribution >= 0.6 is 11.6 Å². The van der Waals surface area contributed by atoms with Gasteiger partial charge in [-0.1, -0.05) is 24.9 Å². The molecule has 1 unspecified atom stereocenters. The van der Waals surface area contributed by atoms with Gasteiger partial charge in [0.05, 0.1) is 10.6 Å². The zero-order valence-corrected chi connectivity index (χ0v) is 11.3. The Balaban J connectivity index is 2.05. The number of halogens is 1.